The maximum atomic E-state index is 11.2. The van der Waals surface area contributed by atoms with Crippen molar-refractivity contribution >= 4 is 44.1 Å². The van der Waals surface area contributed by atoms with Crippen molar-refractivity contribution in [1.82, 2.24) is 9.97 Å². The molecule has 6 nitrogen and oxygen atoms in total. The van der Waals surface area contributed by atoms with Gasteiger partial charge in [0.25, 0.3) is 0 Å². The Bertz CT molecular complexity index is 612. The average molecular weight is 299 g/mol. The third kappa shape index (κ3) is 3.40. The highest BCUT2D eigenvalue weighted by atomic mass is 32.2. The lowest BCUT2D eigenvalue weighted by molar-refractivity contribution is 0.683. The fraction of sp³-hybridized carbons (Fsp3) is 0.455. The van der Waals surface area contributed by atoms with Crippen LogP contribution in [0, 0.1) is 6.92 Å². The van der Waals surface area contributed by atoms with E-state index in [0.717, 1.165) is 20.9 Å². The van der Waals surface area contributed by atoms with E-state index in [-0.39, 0.29) is 6.04 Å². The SMILES string of the molecule is Cc1cc2c(NC(C)CS(C)=O)nc(NN)nc2s1. The van der Waals surface area contributed by atoms with Crippen molar-refractivity contribution in [2.24, 2.45) is 5.84 Å². The number of nitrogens with two attached hydrogens (primary N) is 1. The number of nitrogen functional groups attached to an aromatic ring is 1. The molecule has 2 unspecified atom stereocenters. The minimum absolute atomic E-state index is 0.0646. The van der Waals surface area contributed by atoms with Crippen LogP contribution in [0.25, 0.3) is 10.2 Å². The second-order valence-electron chi connectivity index (χ2n) is 4.40. The normalized spacial score (nSPS) is 14.3. The van der Waals surface area contributed by atoms with Gasteiger partial charge in [-0.3, -0.25) is 9.63 Å². The maximum absolute atomic E-state index is 11.2. The topological polar surface area (TPSA) is 92.9 Å². The average Bonchev–Trinajstić information content (AvgIpc) is 2.68. The lowest BCUT2D eigenvalue weighted by atomic mass is 10.3. The Kier molecular flexibility index (Phi) is 4.33. The zero-order valence-corrected chi connectivity index (χ0v) is 12.7. The van der Waals surface area contributed by atoms with Gasteiger partial charge in [-0.1, -0.05) is 0 Å². The Morgan fingerprint density at radius 2 is 2.26 bits per heavy atom. The summed E-state index contributed by atoms with van der Waals surface area (Å²) in [6, 6.07) is 2.10. The van der Waals surface area contributed by atoms with Crippen LogP contribution in [0.1, 0.15) is 11.8 Å². The third-order valence-corrected chi connectivity index (χ3v) is 4.43. The molecule has 0 aliphatic heterocycles. The fourth-order valence-corrected chi connectivity index (χ4v) is 3.51. The second kappa shape index (κ2) is 5.81. The Morgan fingerprint density at radius 1 is 1.53 bits per heavy atom. The molecule has 19 heavy (non-hydrogen) atoms. The van der Waals surface area contributed by atoms with Crippen molar-refractivity contribution in [3.63, 3.8) is 0 Å². The van der Waals surface area contributed by atoms with E-state index in [2.05, 4.69) is 20.7 Å². The zero-order chi connectivity index (χ0) is 14.0. The maximum Gasteiger partial charge on any atom is 0.240 e. The molecule has 0 fully saturated rings. The molecule has 0 saturated carbocycles. The minimum atomic E-state index is -0.849. The summed E-state index contributed by atoms with van der Waals surface area (Å²) in [5.41, 5.74) is 2.47. The number of fused-ring (bicyclic) bond motifs is 1. The molecule has 0 saturated heterocycles. The highest BCUT2D eigenvalue weighted by Crippen LogP contribution is 2.29. The molecule has 2 rings (SSSR count). The van der Waals surface area contributed by atoms with E-state index < -0.39 is 10.8 Å². The monoisotopic (exact) mass is 299 g/mol. The Hall–Kier alpha value is -1.25. The predicted octanol–water partition coefficient (Wildman–Crippen LogP) is 1.46. The molecule has 2 aromatic rings. The van der Waals surface area contributed by atoms with Crippen molar-refractivity contribution in [2.45, 2.75) is 19.9 Å². The number of nitrogens with one attached hydrogen (secondary N) is 2. The van der Waals surface area contributed by atoms with E-state index in [4.69, 9.17) is 5.84 Å². The van der Waals surface area contributed by atoms with Gasteiger partial charge in [-0.05, 0) is 19.9 Å². The molecule has 8 heteroatoms. The van der Waals surface area contributed by atoms with Gasteiger partial charge < -0.3 is 5.32 Å². The number of aromatic nitrogens is 2. The molecule has 0 amide bonds. The van der Waals surface area contributed by atoms with Gasteiger partial charge in [-0.15, -0.1) is 11.3 Å². The van der Waals surface area contributed by atoms with Gasteiger partial charge in [0.05, 0.1) is 5.39 Å². The van der Waals surface area contributed by atoms with E-state index in [1.807, 2.05) is 19.9 Å². The number of rotatable bonds is 5. The molecule has 104 valence electrons. The first kappa shape index (κ1) is 14.2. The first-order valence-corrected chi connectivity index (χ1v) is 8.35. The molecule has 0 aliphatic rings. The van der Waals surface area contributed by atoms with Gasteiger partial charge in [0.1, 0.15) is 10.6 Å². The number of hydrazine groups is 1. The van der Waals surface area contributed by atoms with E-state index in [1.54, 1.807) is 17.6 Å². The van der Waals surface area contributed by atoms with Gasteiger partial charge in [-0.25, -0.2) is 10.8 Å². The molecule has 0 spiro atoms. The van der Waals surface area contributed by atoms with Crippen molar-refractivity contribution in [3.8, 4) is 0 Å². The first-order valence-electron chi connectivity index (χ1n) is 5.81. The highest BCUT2D eigenvalue weighted by Gasteiger charge is 2.13. The molecule has 4 N–H and O–H groups in total. The minimum Gasteiger partial charge on any atom is -0.366 e. The van der Waals surface area contributed by atoms with Crippen LogP contribution >= 0.6 is 11.3 Å². The van der Waals surface area contributed by atoms with Gasteiger partial charge >= 0.3 is 0 Å². The Balaban J connectivity index is 2.37. The van der Waals surface area contributed by atoms with Crippen molar-refractivity contribution < 1.29 is 4.21 Å². The summed E-state index contributed by atoms with van der Waals surface area (Å²) in [6.45, 7) is 4.00. The lowest BCUT2D eigenvalue weighted by Gasteiger charge is -2.14. The van der Waals surface area contributed by atoms with Crippen LogP contribution in [0.4, 0.5) is 11.8 Å². The van der Waals surface area contributed by atoms with E-state index >= 15 is 0 Å². The molecular formula is C11H17N5OS2. The van der Waals surface area contributed by atoms with Crippen LogP contribution in [0.2, 0.25) is 0 Å². The molecular weight excluding hydrogens is 282 g/mol. The van der Waals surface area contributed by atoms with Crippen LogP contribution in [0.15, 0.2) is 6.07 Å². The van der Waals surface area contributed by atoms with Gasteiger partial charge in [-0.2, -0.15) is 4.98 Å². The molecule has 2 aromatic heterocycles. The third-order valence-electron chi connectivity index (χ3n) is 2.51. The van der Waals surface area contributed by atoms with Crippen LogP contribution in [-0.4, -0.2) is 32.2 Å². The van der Waals surface area contributed by atoms with Crippen molar-refractivity contribution in [2.75, 3.05) is 22.8 Å². The summed E-state index contributed by atoms with van der Waals surface area (Å²) in [5, 5.41) is 4.24. The number of hydrogen-bond donors (Lipinski definition) is 3. The van der Waals surface area contributed by atoms with E-state index in [1.165, 1.54) is 0 Å². The standard InChI is InChI=1S/C11H17N5OS2/c1-6(5-19(3)17)13-9-8-4-7(2)18-10(8)15-11(14-9)16-12/h4,6H,5,12H2,1-3H3,(H2,13,14,15,16). The predicted molar refractivity (Wildman–Crippen MR) is 82.0 cm³/mol. The van der Waals surface area contributed by atoms with Gasteiger partial charge in [0, 0.05) is 33.7 Å². The number of hydrogen-bond acceptors (Lipinski definition) is 7. The molecule has 0 bridgehead atoms. The number of nitrogens with zero attached hydrogens (tertiary/aromatic N) is 2. The number of anilines is 2. The zero-order valence-electron chi connectivity index (χ0n) is 11.1. The largest absolute Gasteiger partial charge is 0.366 e. The molecule has 0 aliphatic carbocycles. The summed E-state index contributed by atoms with van der Waals surface area (Å²) in [4.78, 5) is 10.7. The molecule has 2 atom stereocenters. The smallest absolute Gasteiger partial charge is 0.240 e. The molecule has 0 radical (unpaired) electrons. The first-order chi connectivity index (χ1) is 8.99. The van der Waals surface area contributed by atoms with Gasteiger partial charge in [0.15, 0.2) is 0 Å². The van der Waals surface area contributed by atoms with Crippen LogP contribution in [0.3, 0.4) is 0 Å². The molecule has 2 heterocycles. The lowest BCUT2D eigenvalue weighted by Crippen LogP contribution is -2.23. The summed E-state index contributed by atoms with van der Waals surface area (Å²) in [6.07, 6.45) is 1.69. The second-order valence-corrected chi connectivity index (χ2v) is 7.12. The van der Waals surface area contributed by atoms with Crippen molar-refractivity contribution in [1.29, 1.82) is 0 Å². The summed E-state index contributed by atoms with van der Waals surface area (Å²) < 4.78 is 11.2. The number of thiophene rings is 1. The Labute approximate surface area is 118 Å². The van der Waals surface area contributed by atoms with Crippen LogP contribution in [0.5, 0.6) is 0 Å². The Morgan fingerprint density at radius 3 is 2.89 bits per heavy atom. The van der Waals surface area contributed by atoms with E-state index in [0.29, 0.717) is 11.7 Å². The summed E-state index contributed by atoms with van der Waals surface area (Å²) in [5.74, 6) is 7.05. The van der Waals surface area contributed by atoms with E-state index in [9.17, 15) is 4.21 Å². The quantitative estimate of drug-likeness (QED) is 0.572. The summed E-state index contributed by atoms with van der Waals surface area (Å²) >= 11 is 1.59. The number of aryl methyl sites for hydroxylation is 1. The summed E-state index contributed by atoms with van der Waals surface area (Å²) in [7, 11) is -0.849. The van der Waals surface area contributed by atoms with Crippen LogP contribution < -0.4 is 16.6 Å². The van der Waals surface area contributed by atoms with Crippen molar-refractivity contribution in [3.05, 3.63) is 10.9 Å². The van der Waals surface area contributed by atoms with Gasteiger partial charge in [0.2, 0.25) is 5.95 Å². The highest BCUT2D eigenvalue weighted by molar-refractivity contribution is 7.84. The molecule has 0 aromatic carbocycles. The van der Waals surface area contributed by atoms with Crippen LogP contribution in [-0.2, 0) is 10.8 Å². The fourth-order valence-electron chi connectivity index (χ4n) is 1.84.